The average Bonchev–Trinajstić information content (AvgIpc) is 2.94. The van der Waals surface area contributed by atoms with E-state index in [1.54, 1.807) is 24.5 Å². The molecule has 5 rings (SSSR count). The Kier molecular flexibility index (Phi) is 4.92. The van der Waals surface area contributed by atoms with Crippen LogP contribution in [0.15, 0.2) is 30.3 Å². The number of hydrogen-bond acceptors (Lipinski definition) is 4. The van der Waals surface area contributed by atoms with E-state index in [-0.39, 0.29) is 11.9 Å². The van der Waals surface area contributed by atoms with Crippen LogP contribution in [0.5, 0.6) is 0 Å². The Morgan fingerprint density at radius 2 is 1.96 bits per heavy atom. The first kappa shape index (κ1) is 18.7. The van der Waals surface area contributed by atoms with E-state index < -0.39 is 10.2 Å². The SMILES string of the molecule is CN(C)S(=O)(=O)N1C[C@H]2CC[C@@H](C1)N(Cc1ccc3cc(F)ccc3n1)C2. The maximum atomic E-state index is 13.4. The number of halogens is 1. The van der Waals surface area contributed by atoms with Gasteiger partial charge in [0, 0.05) is 51.7 Å². The van der Waals surface area contributed by atoms with E-state index >= 15 is 0 Å². The number of aromatic nitrogens is 1. The van der Waals surface area contributed by atoms with E-state index in [4.69, 9.17) is 0 Å². The van der Waals surface area contributed by atoms with Crippen LogP contribution in [0.4, 0.5) is 4.39 Å². The number of hydrogen-bond donors (Lipinski definition) is 0. The van der Waals surface area contributed by atoms with Crippen LogP contribution in [0, 0.1) is 11.7 Å². The first-order valence-electron chi connectivity index (χ1n) is 9.30. The lowest BCUT2D eigenvalue weighted by Crippen LogP contribution is -2.46. The topological polar surface area (TPSA) is 56.8 Å². The zero-order valence-corrected chi connectivity index (χ0v) is 16.5. The smallest absolute Gasteiger partial charge is 0.281 e. The normalized spacial score (nSPS) is 24.6. The van der Waals surface area contributed by atoms with Crippen molar-refractivity contribution in [1.29, 1.82) is 0 Å². The molecular weight excluding hydrogens is 367 g/mol. The molecule has 4 heterocycles. The maximum Gasteiger partial charge on any atom is 0.281 e. The van der Waals surface area contributed by atoms with Gasteiger partial charge in [-0.1, -0.05) is 6.07 Å². The summed E-state index contributed by atoms with van der Waals surface area (Å²) in [6, 6.07) is 8.66. The van der Waals surface area contributed by atoms with Crippen molar-refractivity contribution >= 4 is 21.1 Å². The van der Waals surface area contributed by atoms with Gasteiger partial charge >= 0.3 is 0 Å². The summed E-state index contributed by atoms with van der Waals surface area (Å²) < 4.78 is 41.5. The molecule has 2 aromatic rings. The van der Waals surface area contributed by atoms with Crippen LogP contribution in [-0.4, -0.2) is 66.7 Å². The monoisotopic (exact) mass is 392 g/mol. The molecule has 146 valence electrons. The highest BCUT2D eigenvalue weighted by Gasteiger charge is 2.39. The van der Waals surface area contributed by atoms with Crippen LogP contribution in [0.25, 0.3) is 10.9 Å². The largest absolute Gasteiger partial charge is 0.293 e. The van der Waals surface area contributed by atoms with Gasteiger partial charge in [-0.2, -0.15) is 17.0 Å². The first-order valence-corrected chi connectivity index (χ1v) is 10.7. The zero-order valence-electron chi connectivity index (χ0n) is 15.7. The summed E-state index contributed by atoms with van der Waals surface area (Å²) in [7, 11) is -0.219. The molecule has 3 fully saturated rings. The minimum absolute atomic E-state index is 0.198. The Labute approximate surface area is 159 Å². The molecule has 0 amide bonds. The lowest BCUT2D eigenvalue weighted by molar-refractivity contribution is 0.124. The zero-order chi connectivity index (χ0) is 19.2. The third kappa shape index (κ3) is 3.71. The van der Waals surface area contributed by atoms with Crippen molar-refractivity contribution in [2.75, 3.05) is 33.7 Å². The molecular formula is C19H25FN4O2S. The van der Waals surface area contributed by atoms with Gasteiger partial charge in [0.2, 0.25) is 0 Å². The fraction of sp³-hybridized carbons (Fsp3) is 0.526. The number of benzene rings is 1. The van der Waals surface area contributed by atoms with E-state index in [0.29, 0.717) is 25.6 Å². The molecule has 3 aliphatic rings. The Hall–Kier alpha value is -1.61. The Bertz CT molecular complexity index is 950. The molecule has 0 saturated carbocycles. The Balaban J connectivity index is 1.54. The van der Waals surface area contributed by atoms with Crippen LogP contribution in [-0.2, 0) is 16.8 Å². The second-order valence-electron chi connectivity index (χ2n) is 7.77. The highest BCUT2D eigenvalue weighted by molar-refractivity contribution is 7.86. The number of pyridine rings is 1. The highest BCUT2D eigenvalue weighted by atomic mass is 32.2. The molecule has 1 aromatic carbocycles. The van der Waals surface area contributed by atoms with Crippen LogP contribution < -0.4 is 0 Å². The predicted molar refractivity (Wildman–Crippen MR) is 103 cm³/mol. The van der Waals surface area contributed by atoms with Gasteiger partial charge in [-0.3, -0.25) is 9.88 Å². The van der Waals surface area contributed by atoms with E-state index in [9.17, 15) is 12.8 Å². The summed E-state index contributed by atoms with van der Waals surface area (Å²) in [4.78, 5) is 7.03. The highest BCUT2D eigenvalue weighted by Crippen LogP contribution is 2.30. The summed E-state index contributed by atoms with van der Waals surface area (Å²) in [5, 5.41) is 0.791. The molecule has 6 nitrogen and oxygen atoms in total. The maximum absolute atomic E-state index is 13.4. The summed E-state index contributed by atoms with van der Waals surface area (Å²) >= 11 is 0. The van der Waals surface area contributed by atoms with Gasteiger partial charge < -0.3 is 0 Å². The third-order valence-electron chi connectivity index (χ3n) is 5.66. The van der Waals surface area contributed by atoms with Gasteiger partial charge in [0.15, 0.2) is 0 Å². The predicted octanol–water partition coefficient (Wildman–Crippen LogP) is 2.08. The fourth-order valence-corrected chi connectivity index (χ4v) is 5.41. The molecule has 0 spiro atoms. The van der Waals surface area contributed by atoms with Crippen molar-refractivity contribution in [2.24, 2.45) is 5.92 Å². The van der Waals surface area contributed by atoms with Crippen molar-refractivity contribution in [1.82, 2.24) is 18.5 Å². The lowest BCUT2D eigenvalue weighted by atomic mass is 9.95. The van der Waals surface area contributed by atoms with Gasteiger partial charge in [0.1, 0.15) is 5.82 Å². The molecule has 2 bridgehead atoms. The molecule has 0 N–H and O–H groups in total. The van der Waals surface area contributed by atoms with E-state index in [0.717, 1.165) is 36.0 Å². The number of rotatable bonds is 4. The summed E-state index contributed by atoms with van der Waals surface area (Å²) in [6.45, 7) is 2.67. The van der Waals surface area contributed by atoms with Crippen LogP contribution >= 0.6 is 0 Å². The van der Waals surface area contributed by atoms with Gasteiger partial charge in [-0.25, -0.2) is 4.39 Å². The van der Waals surface area contributed by atoms with E-state index in [2.05, 4.69) is 9.88 Å². The van der Waals surface area contributed by atoms with Crippen LogP contribution in [0.1, 0.15) is 18.5 Å². The summed E-state index contributed by atoms with van der Waals surface area (Å²) in [6.07, 6.45) is 2.06. The van der Waals surface area contributed by atoms with Crippen LogP contribution in [0.3, 0.4) is 0 Å². The van der Waals surface area contributed by atoms with Gasteiger partial charge in [-0.15, -0.1) is 0 Å². The van der Waals surface area contributed by atoms with E-state index in [1.807, 2.05) is 12.1 Å². The number of piperidine rings is 1. The van der Waals surface area contributed by atoms with Crippen molar-refractivity contribution in [3.63, 3.8) is 0 Å². The Morgan fingerprint density at radius 3 is 2.74 bits per heavy atom. The van der Waals surface area contributed by atoms with Gasteiger partial charge in [-0.05, 0) is 43.0 Å². The van der Waals surface area contributed by atoms with Crippen molar-refractivity contribution in [3.05, 3.63) is 41.8 Å². The quantitative estimate of drug-likeness (QED) is 0.799. The molecule has 8 heteroatoms. The molecule has 0 unspecified atom stereocenters. The minimum Gasteiger partial charge on any atom is -0.293 e. The third-order valence-corrected chi connectivity index (χ3v) is 7.53. The number of nitrogens with zero attached hydrogens (tertiary/aromatic N) is 4. The van der Waals surface area contributed by atoms with Crippen molar-refractivity contribution in [2.45, 2.75) is 25.4 Å². The summed E-state index contributed by atoms with van der Waals surface area (Å²) in [5.74, 6) is 0.0806. The molecule has 3 aliphatic heterocycles. The van der Waals surface area contributed by atoms with Crippen LogP contribution in [0.2, 0.25) is 0 Å². The van der Waals surface area contributed by atoms with Crippen molar-refractivity contribution < 1.29 is 12.8 Å². The molecule has 2 atom stereocenters. The average molecular weight is 393 g/mol. The van der Waals surface area contributed by atoms with E-state index in [1.165, 1.54) is 16.4 Å². The number of fused-ring (bicyclic) bond motifs is 5. The Morgan fingerprint density at radius 1 is 1.15 bits per heavy atom. The fourth-order valence-electron chi connectivity index (χ4n) is 4.18. The first-order chi connectivity index (χ1) is 12.8. The molecule has 0 radical (unpaired) electrons. The lowest BCUT2D eigenvalue weighted by Gasteiger charge is -2.35. The molecule has 27 heavy (non-hydrogen) atoms. The molecule has 1 aromatic heterocycles. The van der Waals surface area contributed by atoms with Crippen molar-refractivity contribution in [3.8, 4) is 0 Å². The molecule has 3 saturated heterocycles. The minimum atomic E-state index is -3.39. The second kappa shape index (κ2) is 7.09. The standard InChI is InChI=1S/C19H25FN4O2S/c1-22(2)27(25,26)24-11-14-3-7-18(13-24)23(10-14)12-17-6-4-15-9-16(20)5-8-19(15)21-17/h4-6,8-9,14,18H,3,7,10-13H2,1-2H3/t14-,18-/m0/s1. The molecule has 0 aliphatic carbocycles. The van der Waals surface area contributed by atoms with Gasteiger partial charge in [0.25, 0.3) is 10.2 Å². The van der Waals surface area contributed by atoms with Gasteiger partial charge in [0.05, 0.1) is 11.2 Å². The summed E-state index contributed by atoms with van der Waals surface area (Å²) in [5.41, 5.74) is 1.72. The second-order valence-corrected chi connectivity index (χ2v) is 9.92.